The summed E-state index contributed by atoms with van der Waals surface area (Å²) in [5, 5.41) is 9.46. The summed E-state index contributed by atoms with van der Waals surface area (Å²) in [6.45, 7) is 16.5. The molecular weight excluding hydrogens is 465 g/mol. The molecule has 0 saturated carbocycles. The number of guanidine groups is 1. The fourth-order valence-corrected chi connectivity index (χ4v) is 2.98. The van der Waals surface area contributed by atoms with Crippen LogP contribution >= 0.6 is 24.0 Å². The van der Waals surface area contributed by atoms with Crippen molar-refractivity contribution in [3.8, 4) is 0 Å². The summed E-state index contributed by atoms with van der Waals surface area (Å²) in [6, 6.07) is 8.62. The summed E-state index contributed by atoms with van der Waals surface area (Å²) >= 11 is 0. The highest BCUT2D eigenvalue weighted by Crippen LogP contribution is 2.04. The van der Waals surface area contributed by atoms with Crippen molar-refractivity contribution in [2.45, 2.75) is 53.6 Å². The van der Waals surface area contributed by atoms with Crippen molar-refractivity contribution in [2.24, 2.45) is 4.99 Å². The number of nitrogens with zero attached hydrogens (tertiary/aromatic N) is 2. The molecule has 0 aliphatic rings. The average Bonchev–Trinajstić information content (AvgIpc) is 2.61. The zero-order valence-corrected chi connectivity index (χ0v) is 20.5. The second-order valence-corrected chi connectivity index (χ2v) is 7.24. The van der Waals surface area contributed by atoms with E-state index in [1.807, 2.05) is 38.1 Å². The van der Waals surface area contributed by atoms with Gasteiger partial charge in [-0.05, 0) is 53.7 Å². The number of aliphatic imine (C=N–C) groups is 1. The van der Waals surface area contributed by atoms with Gasteiger partial charge in [-0.1, -0.05) is 17.7 Å². The molecule has 1 aromatic carbocycles. The van der Waals surface area contributed by atoms with Gasteiger partial charge in [0, 0.05) is 43.8 Å². The van der Waals surface area contributed by atoms with E-state index in [2.05, 4.69) is 53.5 Å². The normalized spacial score (nSPS) is 11.5. The number of carbonyl (C=O) groups is 1. The Labute approximate surface area is 188 Å². The SMILES string of the molecule is CCNC(=NCCN(C(C)C)C(C)C)NCCNC(=O)c1cccc(C)c1.I. The van der Waals surface area contributed by atoms with Crippen LogP contribution in [0.1, 0.15) is 50.5 Å². The minimum Gasteiger partial charge on any atom is -0.357 e. The lowest BCUT2D eigenvalue weighted by Crippen LogP contribution is -2.43. The molecule has 0 fully saturated rings. The van der Waals surface area contributed by atoms with Crippen LogP contribution in [0.3, 0.4) is 0 Å². The van der Waals surface area contributed by atoms with Crippen LogP contribution in [0.15, 0.2) is 29.3 Å². The average molecular weight is 503 g/mol. The highest BCUT2D eigenvalue weighted by Gasteiger charge is 2.12. The number of benzene rings is 1. The molecule has 0 heterocycles. The third-order valence-corrected chi connectivity index (χ3v) is 4.28. The van der Waals surface area contributed by atoms with E-state index in [4.69, 9.17) is 0 Å². The fraction of sp³-hybridized carbons (Fsp3) is 0.619. The van der Waals surface area contributed by atoms with E-state index in [0.717, 1.165) is 31.2 Å². The van der Waals surface area contributed by atoms with Gasteiger partial charge in [0.15, 0.2) is 5.96 Å². The van der Waals surface area contributed by atoms with Crippen LogP contribution in [-0.4, -0.2) is 61.6 Å². The summed E-state index contributed by atoms with van der Waals surface area (Å²) in [7, 11) is 0. The Kier molecular flexibility index (Phi) is 13.9. The number of hydrogen-bond donors (Lipinski definition) is 3. The van der Waals surface area contributed by atoms with Crippen LogP contribution in [-0.2, 0) is 0 Å². The van der Waals surface area contributed by atoms with Crippen molar-refractivity contribution >= 4 is 35.8 Å². The third-order valence-electron chi connectivity index (χ3n) is 4.28. The molecule has 1 aromatic rings. The number of aryl methyl sites for hydroxylation is 1. The van der Waals surface area contributed by atoms with Crippen molar-refractivity contribution < 1.29 is 4.79 Å². The van der Waals surface area contributed by atoms with Crippen LogP contribution in [0.5, 0.6) is 0 Å². The summed E-state index contributed by atoms with van der Waals surface area (Å²) in [5.74, 6) is 0.738. The van der Waals surface area contributed by atoms with E-state index < -0.39 is 0 Å². The van der Waals surface area contributed by atoms with Gasteiger partial charge in [-0.3, -0.25) is 14.7 Å². The molecule has 28 heavy (non-hydrogen) atoms. The van der Waals surface area contributed by atoms with Gasteiger partial charge in [-0.2, -0.15) is 0 Å². The monoisotopic (exact) mass is 503 g/mol. The first-order chi connectivity index (χ1) is 12.8. The van der Waals surface area contributed by atoms with Crippen molar-refractivity contribution in [3.63, 3.8) is 0 Å². The molecule has 0 aliphatic heterocycles. The maximum Gasteiger partial charge on any atom is 0.251 e. The van der Waals surface area contributed by atoms with Crippen molar-refractivity contribution in [3.05, 3.63) is 35.4 Å². The molecule has 1 rings (SSSR count). The van der Waals surface area contributed by atoms with Gasteiger partial charge in [0.05, 0.1) is 6.54 Å². The lowest BCUT2D eigenvalue weighted by atomic mass is 10.1. The zero-order chi connectivity index (χ0) is 20.2. The van der Waals surface area contributed by atoms with E-state index in [1.165, 1.54) is 0 Å². The zero-order valence-electron chi connectivity index (χ0n) is 18.2. The first-order valence-electron chi connectivity index (χ1n) is 9.98. The molecular formula is C21H38IN5O. The molecule has 0 aliphatic carbocycles. The van der Waals surface area contributed by atoms with Crippen LogP contribution in [0.25, 0.3) is 0 Å². The molecule has 3 N–H and O–H groups in total. The summed E-state index contributed by atoms with van der Waals surface area (Å²) < 4.78 is 0. The lowest BCUT2D eigenvalue weighted by Gasteiger charge is -2.29. The van der Waals surface area contributed by atoms with Crippen molar-refractivity contribution in [2.75, 3.05) is 32.7 Å². The van der Waals surface area contributed by atoms with Crippen LogP contribution in [0.2, 0.25) is 0 Å². The molecule has 1 amide bonds. The minimum atomic E-state index is -0.0491. The fourth-order valence-electron chi connectivity index (χ4n) is 2.98. The number of amides is 1. The maximum atomic E-state index is 12.2. The summed E-state index contributed by atoms with van der Waals surface area (Å²) in [4.78, 5) is 19.2. The second kappa shape index (κ2) is 14.6. The predicted octanol–water partition coefficient (Wildman–Crippen LogP) is 3.02. The van der Waals surface area contributed by atoms with Gasteiger partial charge in [0.25, 0.3) is 5.91 Å². The van der Waals surface area contributed by atoms with E-state index in [-0.39, 0.29) is 29.9 Å². The largest absolute Gasteiger partial charge is 0.357 e. The van der Waals surface area contributed by atoms with Gasteiger partial charge in [-0.15, -0.1) is 24.0 Å². The Hall–Kier alpha value is -1.35. The standard InChI is InChI=1S/C21H37N5O.HI/c1-7-22-21(25-13-14-26(16(2)3)17(4)5)24-12-11-23-20(27)19-10-8-9-18(6)15-19;/h8-10,15-17H,7,11-14H2,1-6H3,(H,23,27)(H2,22,24,25);1H. The highest BCUT2D eigenvalue weighted by atomic mass is 127. The first kappa shape index (κ1) is 26.6. The number of nitrogens with one attached hydrogen (secondary N) is 3. The highest BCUT2D eigenvalue weighted by molar-refractivity contribution is 14.0. The summed E-state index contributed by atoms with van der Waals surface area (Å²) in [5.41, 5.74) is 1.78. The van der Waals surface area contributed by atoms with E-state index in [1.54, 1.807) is 0 Å². The first-order valence-corrected chi connectivity index (χ1v) is 9.98. The van der Waals surface area contributed by atoms with Crippen LogP contribution < -0.4 is 16.0 Å². The lowest BCUT2D eigenvalue weighted by molar-refractivity contribution is 0.0954. The van der Waals surface area contributed by atoms with E-state index in [0.29, 0.717) is 30.7 Å². The molecule has 0 atom stereocenters. The van der Waals surface area contributed by atoms with Gasteiger partial charge < -0.3 is 16.0 Å². The Balaban J connectivity index is 0.00000729. The second-order valence-electron chi connectivity index (χ2n) is 7.24. The van der Waals surface area contributed by atoms with Gasteiger partial charge in [0.2, 0.25) is 0 Å². The molecule has 7 heteroatoms. The molecule has 0 saturated heterocycles. The molecule has 0 radical (unpaired) electrons. The number of carbonyl (C=O) groups excluding carboxylic acids is 1. The van der Waals surface area contributed by atoms with Crippen LogP contribution in [0, 0.1) is 6.92 Å². The van der Waals surface area contributed by atoms with E-state index in [9.17, 15) is 4.79 Å². The third kappa shape index (κ3) is 10.3. The van der Waals surface area contributed by atoms with E-state index >= 15 is 0 Å². The number of halogens is 1. The molecule has 160 valence electrons. The maximum absolute atomic E-state index is 12.2. The van der Waals surface area contributed by atoms with Gasteiger partial charge in [0.1, 0.15) is 0 Å². The quantitative estimate of drug-likeness (QED) is 0.199. The molecule has 0 unspecified atom stereocenters. The molecule has 0 bridgehead atoms. The van der Waals surface area contributed by atoms with Crippen molar-refractivity contribution in [1.29, 1.82) is 0 Å². The Bertz CT molecular complexity index is 596. The predicted molar refractivity (Wildman–Crippen MR) is 130 cm³/mol. The van der Waals surface area contributed by atoms with Gasteiger partial charge in [-0.25, -0.2) is 0 Å². The molecule has 0 aromatic heterocycles. The Morgan fingerprint density at radius 1 is 1.07 bits per heavy atom. The Morgan fingerprint density at radius 3 is 2.29 bits per heavy atom. The topological polar surface area (TPSA) is 68.8 Å². The summed E-state index contributed by atoms with van der Waals surface area (Å²) in [6.07, 6.45) is 0. The number of hydrogen-bond acceptors (Lipinski definition) is 3. The van der Waals surface area contributed by atoms with Crippen LogP contribution in [0.4, 0.5) is 0 Å². The Morgan fingerprint density at radius 2 is 1.71 bits per heavy atom. The van der Waals surface area contributed by atoms with Crippen molar-refractivity contribution in [1.82, 2.24) is 20.9 Å². The van der Waals surface area contributed by atoms with Gasteiger partial charge >= 0.3 is 0 Å². The molecule has 0 spiro atoms. The number of rotatable bonds is 10. The minimum absolute atomic E-state index is 0. The molecule has 6 nitrogen and oxygen atoms in total. The smallest absolute Gasteiger partial charge is 0.251 e.